The second kappa shape index (κ2) is 9.40. The van der Waals surface area contributed by atoms with Gasteiger partial charge in [-0.2, -0.15) is 0 Å². The van der Waals surface area contributed by atoms with E-state index < -0.39 is 17.1 Å². The first-order valence-corrected chi connectivity index (χ1v) is 8.69. The number of alkyl carbamates (subject to hydrolysis) is 1. The maximum absolute atomic E-state index is 13.1. The van der Waals surface area contributed by atoms with Gasteiger partial charge in [-0.3, -0.25) is 4.79 Å². The summed E-state index contributed by atoms with van der Waals surface area (Å²) in [7, 11) is 0. The number of carbonyl (C=O) groups is 2. The first-order valence-electron chi connectivity index (χ1n) is 8.69. The molecule has 0 aliphatic rings. The highest BCUT2D eigenvalue weighted by Gasteiger charge is 2.32. The lowest BCUT2D eigenvalue weighted by Crippen LogP contribution is -2.48. The van der Waals surface area contributed by atoms with E-state index in [1.54, 1.807) is 39.8 Å². The van der Waals surface area contributed by atoms with Crippen LogP contribution in [0.25, 0.3) is 0 Å². The normalized spacial score (nSPS) is 13.5. The third-order valence-corrected chi connectivity index (χ3v) is 3.80. The number of benzene rings is 1. The van der Waals surface area contributed by atoms with Crippen LogP contribution in [0.4, 0.5) is 9.18 Å². The summed E-state index contributed by atoms with van der Waals surface area (Å²) in [5.41, 5.74) is -1.36. The lowest BCUT2D eigenvalue weighted by molar-refractivity contribution is -0.130. The molecular weight excluding hydrogens is 339 g/mol. The Kier molecular flexibility index (Phi) is 7.86. The maximum Gasteiger partial charge on any atom is 0.407 e. The molecule has 0 radical (unpaired) electrons. The molecule has 1 atom stereocenters. The summed E-state index contributed by atoms with van der Waals surface area (Å²) in [5.74, 6) is -0.165. The van der Waals surface area contributed by atoms with Gasteiger partial charge in [-0.25, -0.2) is 9.18 Å². The monoisotopic (exact) mass is 368 g/mol. The summed E-state index contributed by atoms with van der Waals surface area (Å²) in [4.78, 5) is 24.2. The summed E-state index contributed by atoms with van der Waals surface area (Å²) in [6, 6.07) is 5.81. The van der Waals surface area contributed by atoms with E-state index in [0.29, 0.717) is 12.2 Å². The molecule has 0 spiro atoms. The van der Waals surface area contributed by atoms with Crippen molar-refractivity contribution in [2.45, 2.75) is 46.6 Å². The zero-order chi connectivity index (χ0) is 19.8. The molecule has 0 unspecified atom stereocenters. The fourth-order valence-electron chi connectivity index (χ4n) is 2.05. The van der Waals surface area contributed by atoms with Gasteiger partial charge in [-0.1, -0.05) is 13.0 Å². The van der Waals surface area contributed by atoms with Gasteiger partial charge in [0.1, 0.15) is 23.8 Å². The Labute approximate surface area is 154 Å². The van der Waals surface area contributed by atoms with E-state index in [9.17, 15) is 14.0 Å². The highest BCUT2D eigenvalue weighted by molar-refractivity contribution is 5.83. The predicted molar refractivity (Wildman–Crippen MR) is 97.5 cm³/mol. The average Bonchev–Trinajstić information content (AvgIpc) is 2.55. The molecule has 26 heavy (non-hydrogen) atoms. The summed E-state index contributed by atoms with van der Waals surface area (Å²) in [6.45, 7) is 9.62. The first kappa shape index (κ1) is 21.7. The van der Waals surface area contributed by atoms with E-state index in [0.717, 1.165) is 0 Å². The van der Waals surface area contributed by atoms with E-state index >= 15 is 0 Å². The molecule has 0 fully saturated rings. The van der Waals surface area contributed by atoms with Crippen molar-refractivity contribution >= 4 is 12.0 Å². The van der Waals surface area contributed by atoms with Gasteiger partial charge in [0.25, 0.3) is 0 Å². The lowest BCUT2D eigenvalue weighted by atomic mass is 9.86. The van der Waals surface area contributed by atoms with Crippen LogP contribution in [-0.4, -0.2) is 37.3 Å². The number of nitrogens with one attached hydrogen (secondary N) is 2. The number of carbonyl (C=O) groups excluding carboxylic acids is 2. The molecule has 0 saturated carbocycles. The molecule has 6 nitrogen and oxygen atoms in total. The summed E-state index contributed by atoms with van der Waals surface area (Å²) in [6.07, 6.45) is -0.0150. The fraction of sp³-hybridized carbons (Fsp3) is 0.579. The Morgan fingerprint density at radius 2 is 1.85 bits per heavy atom. The molecule has 0 aliphatic heterocycles. The van der Waals surface area contributed by atoms with Crippen LogP contribution in [0.15, 0.2) is 24.3 Å². The Morgan fingerprint density at radius 1 is 1.15 bits per heavy atom. The highest BCUT2D eigenvalue weighted by atomic mass is 19.1. The molecule has 0 saturated heterocycles. The van der Waals surface area contributed by atoms with Crippen molar-refractivity contribution in [3.05, 3.63) is 30.1 Å². The molecule has 0 aromatic heterocycles. The Balaban J connectivity index is 2.42. The van der Waals surface area contributed by atoms with Crippen molar-refractivity contribution in [3.8, 4) is 5.75 Å². The van der Waals surface area contributed by atoms with Crippen molar-refractivity contribution < 1.29 is 23.5 Å². The van der Waals surface area contributed by atoms with E-state index in [-0.39, 0.29) is 31.4 Å². The number of hydrogen-bond donors (Lipinski definition) is 2. The quantitative estimate of drug-likeness (QED) is 0.691. The second-order valence-electron chi connectivity index (χ2n) is 7.33. The molecule has 0 heterocycles. The second-order valence-corrected chi connectivity index (χ2v) is 7.33. The number of hydrogen-bond acceptors (Lipinski definition) is 4. The van der Waals surface area contributed by atoms with Gasteiger partial charge in [0.05, 0.1) is 12.0 Å². The predicted octanol–water partition coefficient (Wildman–Crippen LogP) is 3.26. The van der Waals surface area contributed by atoms with Gasteiger partial charge in [-0.05, 0) is 46.2 Å². The third kappa shape index (κ3) is 7.72. The van der Waals surface area contributed by atoms with Gasteiger partial charge >= 0.3 is 6.09 Å². The number of rotatable bonds is 8. The molecule has 1 rings (SSSR count). The van der Waals surface area contributed by atoms with Crippen molar-refractivity contribution in [1.29, 1.82) is 0 Å². The van der Waals surface area contributed by atoms with Crippen LogP contribution in [-0.2, 0) is 9.53 Å². The van der Waals surface area contributed by atoms with E-state index in [1.165, 1.54) is 12.1 Å². The minimum absolute atomic E-state index is 0.162. The molecule has 2 amide bonds. The van der Waals surface area contributed by atoms with Crippen LogP contribution in [0, 0.1) is 11.2 Å². The van der Waals surface area contributed by atoms with Crippen molar-refractivity contribution in [1.82, 2.24) is 10.6 Å². The van der Waals surface area contributed by atoms with Gasteiger partial charge in [-0.15, -0.1) is 0 Å². The van der Waals surface area contributed by atoms with Crippen molar-refractivity contribution in [2.75, 3.05) is 19.7 Å². The topological polar surface area (TPSA) is 76.7 Å². The Bertz CT molecular complexity index is 616. The summed E-state index contributed by atoms with van der Waals surface area (Å²) >= 11 is 0. The first-order chi connectivity index (χ1) is 12.1. The number of ether oxygens (including phenoxy) is 2. The molecule has 0 bridgehead atoms. The van der Waals surface area contributed by atoms with Gasteiger partial charge in [0, 0.05) is 12.6 Å². The number of amides is 2. The average molecular weight is 368 g/mol. The van der Waals surface area contributed by atoms with Crippen LogP contribution in [0.3, 0.4) is 0 Å². The molecule has 2 N–H and O–H groups in total. The van der Waals surface area contributed by atoms with E-state index in [2.05, 4.69) is 10.6 Å². The third-order valence-electron chi connectivity index (χ3n) is 3.80. The zero-order valence-corrected chi connectivity index (χ0v) is 16.1. The van der Waals surface area contributed by atoms with Crippen LogP contribution >= 0.6 is 0 Å². The van der Waals surface area contributed by atoms with Crippen LogP contribution in [0.1, 0.15) is 41.0 Å². The smallest absolute Gasteiger partial charge is 0.407 e. The van der Waals surface area contributed by atoms with Crippen molar-refractivity contribution in [2.24, 2.45) is 5.41 Å². The van der Waals surface area contributed by atoms with Gasteiger partial charge in [0.2, 0.25) is 5.91 Å². The molecular formula is C19H29FN2O4. The molecule has 1 aromatic rings. The summed E-state index contributed by atoms with van der Waals surface area (Å²) < 4.78 is 23.6. The number of halogens is 1. The van der Waals surface area contributed by atoms with Crippen LogP contribution < -0.4 is 15.4 Å². The summed E-state index contributed by atoms with van der Waals surface area (Å²) in [5, 5.41) is 5.42. The molecule has 7 heteroatoms. The maximum atomic E-state index is 13.1. The molecule has 0 aliphatic carbocycles. The van der Waals surface area contributed by atoms with Crippen molar-refractivity contribution in [3.63, 3.8) is 0 Å². The lowest BCUT2D eigenvalue weighted by Gasteiger charge is -2.28. The Morgan fingerprint density at radius 3 is 2.42 bits per heavy atom. The van der Waals surface area contributed by atoms with Gasteiger partial charge < -0.3 is 20.1 Å². The largest absolute Gasteiger partial charge is 0.492 e. The highest BCUT2D eigenvalue weighted by Crippen LogP contribution is 2.20. The molecule has 1 aromatic carbocycles. The van der Waals surface area contributed by atoms with E-state index in [4.69, 9.17) is 9.47 Å². The van der Waals surface area contributed by atoms with Crippen LogP contribution in [0.5, 0.6) is 5.75 Å². The standard InChI is InChI=1S/C19H29FN2O4/c1-6-19(5,13-22-17(24)26-18(2,3)4)16(23)21-10-11-25-15-9-7-8-14(20)12-15/h7-9,12H,6,10-11,13H2,1-5H3,(H,21,23)(H,22,24)/t19-/m0/s1. The minimum atomic E-state index is -0.768. The zero-order valence-electron chi connectivity index (χ0n) is 16.1. The minimum Gasteiger partial charge on any atom is -0.492 e. The van der Waals surface area contributed by atoms with Gasteiger partial charge in [0.15, 0.2) is 0 Å². The fourth-order valence-corrected chi connectivity index (χ4v) is 2.05. The SMILES string of the molecule is CC[C@@](C)(CNC(=O)OC(C)(C)C)C(=O)NCCOc1cccc(F)c1. The molecule has 146 valence electrons. The van der Waals surface area contributed by atoms with E-state index in [1.807, 2.05) is 6.92 Å². The van der Waals surface area contributed by atoms with Crippen LogP contribution in [0.2, 0.25) is 0 Å². The Hall–Kier alpha value is -2.31.